The summed E-state index contributed by atoms with van der Waals surface area (Å²) in [6.45, 7) is 2.23. The molecule has 162 valence electrons. The summed E-state index contributed by atoms with van der Waals surface area (Å²) in [7, 11) is 0. The minimum absolute atomic E-state index is 0.0682. The first-order valence-electron chi connectivity index (χ1n) is 11.2. The SMILES string of the molecule is CCCCCCCC/C=C\CCCCC(CCC(=O)Oc1ccccc1)[N+](=O)[O-]. The van der Waals surface area contributed by atoms with Crippen LogP contribution in [-0.2, 0) is 4.79 Å². The molecule has 0 radical (unpaired) electrons. The largest absolute Gasteiger partial charge is 0.427 e. The van der Waals surface area contributed by atoms with Crippen LogP contribution in [0.5, 0.6) is 5.75 Å². The van der Waals surface area contributed by atoms with Crippen molar-refractivity contribution >= 4 is 5.97 Å². The molecule has 1 aromatic rings. The number of para-hydroxylation sites is 1. The second-order valence-corrected chi connectivity index (χ2v) is 7.58. The van der Waals surface area contributed by atoms with E-state index < -0.39 is 12.0 Å². The second kappa shape index (κ2) is 16.8. The zero-order chi connectivity index (χ0) is 21.2. The Bertz CT molecular complexity index is 586. The molecule has 1 rings (SSSR count). The van der Waals surface area contributed by atoms with E-state index in [1.54, 1.807) is 24.3 Å². The zero-order valence-electron chi connectivity index (χ0n) is 17.9. The van der Waals surface area contributed by atoms with E-state index in [0.29, 0.717) is 12.2 Å². The molecular formula is C24H37NO4. The predicted molar refractivity (Wildman–Crippen MR) is 118 cm³/mol. The van der Waals surface area contributed by atoms with E-state index in [1.807, 2.05) is 6.07 Å². The zero-order valence-corrected chi connectivity index (χ0v) is 17.9. The lowest BCUT2D eigenvalue weighted by molar-refractivity contribution is -0.524. The van der Waals surface area contributed by atoms with Gasteiger partial charge in [0.25, 0.3) is 0 Å². The minimum atomic E-state index is -0.676. The Morgan fingerprint density at radius 1 is 0.966 bits per heavy atom. The van der Waals surface area contributed by atoms with Crippen molar-refractivity contribution in [3.63, 3.8) is 0 Å². The number of carbonyl (C=O) groups is 1. The van der Waals surface area contributed by atoms with Gasteiger partial charge in [-0.05, 0) is 44.2 Å². The Hall–Kier alpha value is -2.17. The standard InChI is InChI=1S/C24H37NO4/c1-2-3-4-5-6-7-8-9-10-11-12-14-17-22(25(27)28)20-21-24(26)29-23-18-15-13-16-19-23/h9-10,13,15-16,18-19,22H,2-8,11-12,14,17,20-21H2,1H3/b10-9-. The normalized spacial score (nSPS) is 12.2. The summed E-state index contributed by atoms with van der Waals surface area (Å²) < 4.78 is 5.19. The van der Waals surface area contributed by atoms with E-state index in [0.717, 1.165) is 25.7 Å². The summed E-state index contributed by atoms with van der Waals surface area (Å²) in [4.78, 5) is 22.8. The number of ether oxygens (including phenoxy) is 1. The van der Waals surface area contributed by atoms with Crippen molar-refractivity contribution in [2.75, 3.05) is 0 Å². The Morgan fingerprint density at radius 3 is 2.24 bits per heavy atom. The third kappa shape index (κ3) is 13.6. The Morgan fingerprint density at radius 2 is 1.59 bits per heavy atom. The number of rotatable bonds is 17. The molecule has 0 aromatic heterocycles. The fourth-order valence-corrected chi connectivity index (χ4v) is 3.23. The van der Waals surface area contributed by atoms with Crippen molar-refractivity contribution in [3.05, 3.63) is 52.6 Å². The molecule has 0 aliphatic heterocycles. The first-order chi connectivity index (χ1) is 14.1. The topological polar surface area (TPSA) is 69.4 Å². The van der Waals surface area contributed by atoms with Crippen LogP contribution in [0.15, 0.2) is 42.5 Å². The summed E-state index contributed by atoms with van der Waals surface area (Å²) in [5.74, 6) is 0.0589. The molecule has 0 aliphatic rings. The second-order valence-electron chi connectivity index (χ2n) is 7.58. The molecule has 0 N–H and O–H groups in total. The molecule has 0 spiro atoms. The number of hydrogen-bond acceptors (Lipinski definition) is 4. The van der Waals surface area contributed by atoms with Crippen molar-refractivity contribution in [2.45, 2.75) is 96.4 Å². The minimum Gasteiger partial charge on any atom is -0.427 e. The lowest BCUT2D eigenvalue weighted by Gasteiger charge is -2.09. The van der Waals surface area contributed by atoms with Gasteiger partial charge in [0.1, 0.15) is 5.75 Å². The number of nitrogens with zero attached hydrogens (tertiary/aromatic N) is 1. The van der Waals surface area contributed by atoms with Crippen molar-refractivity contribution in [3.8, 4) is 5.75 Å². The van der Waals surface area contributed by atoms with E-state index >= 15 is 0 Å². The summed E-state index contributed by atoms with van der Waals surface area (Å²) in [6.07, 6.45) is 17.0. The maximum Gasteiger partial charge on any atom is 0.311 e. The highest BCUT2D eigenvalue weighted by Crippen LogP contribution is 2.15. The van der Waals surface area contributed by atoms with E-state index in [9.17, 15) is 14.9 Å². The molecule has 0 saturated carbocycles. The summed E-state index contributed by atoms with van der Waals surface area (Å²) >= 11 is 0. The number of esters is 1. The van der Waals surface area contributed by atoms with E-state index in [2.05, 4.69) is 19.1 Å². The molecule has 1 unspecified atom stereocenters. The number of nitro groups is 1. The lowest BCUT2D eigenvalue weighted by Crippen LogP contribution is -2.21. The molecule has 0 heterocycles. The average Bonchev–Trinajstić information content (AvgIpc) is 2.71. The van der Waals surface area contributed by atoms with E-state index in [1.165, 1.54) is 38.5 Å². The molecule has 1 atom stereocenters. The first kappa shape index (κ1) is 24.9. The summed E-state index contributed by atoms with van der Waals surface area (Å²) in [5, 5.41) is 11.2. The molecule has 0 saturated heterocycles. The van der Waals surface area contributed by atoms with Gasteiger partial charge in [0.15, 0.2) is 0 Å². The van der Waals surface area contributed by atoms with Gasteiger partial charge >= 0.3 is 5.97 Å². The van der Waals surface area contributed by atoms with Gasteiger partial charge in [-0.15, -0.1) is 0 Å². The van der Waals surface area contributed by atoms with Gasteiger partial charge in [-0.3, -0.25) is 14.9 Å². The molecule has 0 bridgehead atoms. The van der Waals surface area contributed by atoms with Crippen molar-refractivity contribution in [1.82, 2.24) is 0 Å². The van der Waals surface area contributed by atoms with Crippen LogP contribution in [0, 0.1) is 10.1 Å². The highest BCUT2D eigenvalue weighted by molar-refractivity contribution is 5.72. The van der Waals surface area contributed by atoms with Crippen molar-refractivity contribution in [1.29, 1.82) is 0 Å². The van der Waals surface area contributed by atoms with Crippen LogP contribution in [0.1, 0.15) is 90.4 Å². The Labute approximate surface area is 175 Å². The molecule has 0 amide bonds. The molecule has 5 nitrogen and oxygen atoms in total. The van der Waals surface area contributed by atoms with Crippen LogP contribution in [-0.4, -0.2) is 16.9 Å². The van der Waals surface area contributed by atoms with Gasteiger partial charge in [0.05, 0.1) is 6.42 Å². The lowest BCUT2D eigenvalue weighted by atomic mass is 10.0. The highest BCUT2D eigenvalue weighted by Gasteiger charge is 2.21. The Kier molecular flexibility index (Phi) is 14.4. The fourth-order valence-electron chi connectivity index (χ4n) is 3.23. The van der Waals surface area contributed by atoms with E-state index in [4.69, 9.17) is 4.74 Å². The quantitative estimate of drug-likeness (QED) is 0.0709. The van der Waals surface area contributed by atoms with Gasteiger partial charge in [-0.1, -0.05) is 69.4 Å². The smallest absolute Gasteiger partial charge is 0.311 e. The molecule has 0 fully saturated rings. The maximum absolute atomic E-state index is 11.9. The van der Waals surface area contributed by atoms with Gasteiger partial charge in [0.2, 0.25) is 6.04 Å². The van der Waals surface area contributed by atoms with Gasteiger partial charge in [-0.25, -0.2) is 0 Å². The number of carbonyl (C=O) groups excluding carboxylic acids is 1. The number of benzene rings is 1. The van der Waals surface area contributed by atoms with Crippen LogP contribution in [0.2, 0.25) is 0 Å². The van der Waals surface area contributed by atoms with Gasteiger partial charge in [0, 0.05) is 17.8 Å². The maximum atomic E-state index is 11.9. The summed E-state index contributed by atoms with van der Waals surface area (Å²) in [5.41, 5.74) is 0. The van der Waals surface area contributed by atoms with Crippen molar-refractivity contribution < 1.29 is 14.5 Å². The molecule has 5 heteroatoms. The first-order valence-corrected chi connectivity index (χ1v) is 11.2. The molecule has 1 aromatic carbocycles. The number of hydrogen-bond donors (Lipinski definition) is 0. The van der Waals surface area contributed by atoms with Crippen LogP contribution in [0.4, 0.5) is 0 Å². The third-order valence-electron chi connectivity index (χ3n) is 5.00. The number of allylic oxidation sites excluding steroid dienone is 2. The fraction of sp³-hybridized carbons (Fsp3) is 0.625. The third-order valence-corrected chi connectivity index (χ3v) is 5.00. The van der Waals surface area contributed by atoms with Crippen molar-refractivity contribution in [2.24, 2.45) is 0 Å². The van der Waals surface area contributed by atoms with Gasteiger partial charge < -0.3 is 4.74 Å². The summed E-state index contributed by atoms with van der Waals surface area (Å²) in [6, 6.07) is 8.12. The van der Waals surface area contributed by atoms with Crippen LogP contribution in [0.3, 0.4) is 0 Å². The Balaban J connectivity index is 2.09. The van der Waals surface area contributed by atoms with E-state index in [-0.39, 0.29) is 17.8 Å². The molecule has 0 aliphatic carbocycles. The van der Waals surface area contributed by atoms with Crippen LogP contribution in [0.25, 0.3) is 0 Å². The van der Waals surface area contributed by atoms with Crippen LogP contribution < -0.4 is 4.74 Å². The molecular weight excluding hydrogens is 366 g/mol. The average molecular weight is 404 g/mol. The monoisotopic (exact) mass is 403 g/mol. The molecule has 29 heavy (non-hydrogen) atoms. The van der Waals surface area contributed by atoms with Gasteiger partial charge in [-0.2, -0.15) is 0 Å². The highest BCUT2D eigenvalue weighted by atomic mass is 16.6. The predicted octanol–water partition coefficient (Wildman–Crippen LogP) is 6.88. The van der Waals surface area contributed by atoms with Crippen LogP contribution >= 0.6 is 0 Å². The number of unbranched alkanes of at least 4 members (excludes halogenated alkanes) is 8.